The highest BCUT2D eigenvalue weighted by atomic mass is 16.4. The van der Waals surface area contributed by atoms with Crippen molar-refractivity contribution < 1.29 is 9.52 Å². The van der Waals surface area contributed by atoms with Crippen LogP contribution in [0.1, 0.15) is 30.7 Å². The summed E-state index contributed by atoms with van der Waals surface area (Å²) in [7, 11) is 0. The van der Waals surface area contributed by atoms with Gasteiger partial charge in [-0.1, -0.05) is 48.9 Å². The second-order valence-electron chi connectivity index (χ2n) is 7.27. The van der Waals surface area contributed by atoms with Crippen LogP contribution < -0.4 is 0 Å². The van der Waals surface area contributed by atoms with Crippen molar-refractivity contribution in [2.75, 3.05) is 13.2 Å². The molecule has 0 radical (unpaired) electrons. The maximum atomic E-state index is 9.63. The third-order valence-corrected chi connectivity index (χ3v) is 5.44. The van der Waals surface area contributed by atoms with Gasteiger partial charge in [-0.2, -0.15) is 0 Å². The van der Waals surface area contributed by atoms with E-state index in [0.717, 1.165) is 36.5 Å². The predicted octanol–water partition coefficient (Wildman–Crippen LogP) is 4.66. The molecule has 4 nitrogen and oxygen atoms in total. The fraction of sp³-hybridized carbons (Fsp3) is 0.348. The number of nitrogens with zero attached hydrogens (tertiary/aromatic N) is 2. The van der Waals surface area contributed by atoms with E-state index in [0.29, 0.717) is 5.89 Å². The Labute approximate surface area is 160 Å². The molecule has 27 heavy (non-hydrogen) atoms. The fourth-order valence-electron chi connectivity index (χ4n) is 3.80. The molecule has 0 amide bonds. The molecule has 1 N–H and O–H groups in total. The number of piperidine rings is 1. The summed E-state index contributed by atoms with van der Waals surface area (Å²) >= 11 is 0. The standard InChI is InChI=1S/C23H26N2O2/c1-17-22(15-25-14-6-5-9-21(25)16-26)24-23(27-17)20-12-10-19(11-13-20)18-7-3-2-4-8-18/h2-4,7-8,10-13,21,26H,5-6,9,14-16H2,1H3/t21-/m1/s1. The van der Waals surface area contributed by atoms with Crippen molar-refractivity contribution in [1.82, 2.24) is 9.88 Å². The minimum atomic E-state index is 0.213. The lowest BCUT2D eigenvalue weighted by Gasteiger charge is -2.33. The molecule has 1 aromatic heterocycles. The number of aryl methyl sites for hydroxylation is 1. The van der Waals surface area contributed by atoms with E-state index in [2.05, 4.69) is 41.3 Å². The van der Waals surface area contributed by atoms with Crippen LogP contribution >= 0.6 is 0 Å². The number of aliphatic hydroxyl groups is 1. The number of benzene rings is 2. The molecule has 0 saturated carbocycles. The molecule has 0 aliphatic carbocycles. The second-order valence-corrected chi connectivity index (χ2v) is 7.27. The van der Waals surface area contributed by atoms with Gasteiger partial charge in [-0.3, -0.25) is 4.90 Å². The van der Waals surface area contributed by atoms with Crippen LogP contribution in [0.5, 0.6) is 0 Å². The quantitative estimate of drug-likeness (QED) is 0.717. The first-order valence-corrected chi connectivity index (χ1v) is 9.71. The lowest BCUT2D eigenvalue weighted by molar-refractivity contribution is 0.0828. The summed E-state index contributed by atoms with van der Waals surface area (Å²) in [6.45, 7) is 3.94. The van der Waals surface area contributed by atoms with Crippen LogP contribution in [0.4, 0.5) is 0 Å². The Hall–Kier alpha value is -2.43. The highest BCUT2D eigenvalue weighted by Gasteiger charge is 2.24. The molecule has 1 aliphatic rings. The van der Waals surface area contributed by atoms with Gasteiger partial charge in [0.2, 0.25) is 5.89 Å². The first-order chi connectivity index (χ1) is 13.2. The number of likely N-dealkylation sites (tertiary alicyclic amines) is 1. The van der Waals surface area contributed by atoms with E-state index in [1.54, 1.807) is 0 Å². The van der Waals surface area contributed by atoms with Gasteiger partial charge in [0.15, 0.2) is 0 Å². The van der Waals surface area contributed by atoms with Gasteiger partial charge in [0, 0.05) is 18.2 Å². The molecule has 4 heteroatoms. The van der Waals surface area contributed by atoms with Gasteiger partial charge in [-0.05, 0) is 49.6 Å². The van der Waals surface area contributed by atoms with E-state index in [1.165, 1.54) is 24.0 Å². The maximum Gasteiger partial charge on any atom is 0.226 e. The van der Waals surface area contributed by atoms with Gasteiger partial charge in [-0.25, -0.2) is 4.98 Å². The molecule has 0 unspecified atom stereocenters. The van der Waals surface area contributed by atoms with Crippen LogP contribution in [0.2, 0.25) is 0 Å². The van der Waals surface area contributed by atoms with E-state index in [9.17, 15) is 5.11 Å². The Bertz CT molecular complexity index is 871. The van der Waals surface area contributed by atoms with Gasteiger partial charge in [0.05, 0.1) is 12.3 Å². The van der Waals surface area contributed by atoms with Crippen LogP contribution in [0.15, 0.2) is 59.0 Å². The van der Waals surface area contributed by atoms with Crippen molar-refractivity contribution in [1.29, 1.82) is 0 Å². The third-order valence-electron chi connectivity index (χ3n) is 5.44. The van der Waals surface area contributed by atoms with Gasteiger partial charge >= 0.3 is 0 Å². The molecule has 0 bridgehead atoms. The highest BCUT2D eigenvalue weighted by molar-refractivity contribution is 5.67. The zero-order valence-corrected chi connectivity index (χ0v) is 15.8. The molecule has 140 valence electrons. The normalized spacial score (nSPS) is 17.9. The summed E-state index contributed by atoms with van der Waals surface area (Å²) in [5, 5.41) is 9.63. The van der Waals surface area contributed by atoms with Crippen molar-refractivity contribution in [2.24, 2.45) is 0 Å². The molecule has 2 aromatic carbocycles. The minimum absolute atomic E-state index is 0.213. The zero-order valence-electron chi connectivity index (χ0n) is 15.8. The van der Waals surface area contributed by atoms with E-state index >= 15 is 0 Å². The smallest absolute Gasteiger partial charge is 0.226 e. The Morgan fingerprint density at radius 3 is 2.44 bits per heavy atom. The molecule has 1 fully saturated rings. The second kappa shape index (κ2) is 8.07. The molecule has 1 atom stereocenters. The van der Waals surface area contributed by atoms with Crippen molar-refractivity contribution in [3.63, 3.8) is 0 Å². The summed E-state index contributed by atoms with van der Waals surface area (Å²) in [5.41, 5.74) is 4.34. The Balaban J connectivity index is 1.52. The van der Waals surface area contributed by atoms with Crippen molar-refractivity contribution in [3.8, 4) is 22.6 Å². The van der Waals surface area contributed by atoms with Gasteiger partial charge in [0.25, 0.3) is 0 Å². The number of aliphatic hydroxyl groups excluding tert-OH is 1. The fourth-order valence-corrected chi connectivity index (χ4v) is 3.80. The average molecular weight is 362 g/mol. The van der Waals surface area contributed by atoms with Gasteiger partial charge < -0.3 is 9.52 Å². The minimum Gasteiger partial charge on any atom is -0.441 e. The number of hydrogen-bond acceptors (Lipinski definition) is 4. The van der Waals surface area contributed by atoms with Crippen LogP contribution in [-0.2, 0) is 6.54 Å². The van der Waals surface area contributed by atoms with E-state index in [-0.39, 0.29) is 12.6 Å². The molecule has 3 aromatic rings. The topological polar surface area (TPSA) is 49.5 Å². The molecule has 0 spiro atoms. The van der Waals surface area contributed by atoms with Crippen molar-refractivity contribution in [3.05, 3.63) is 66.1 Å². The molecule has 2 heterocycles. The number of rotatable bonds is 5. The summed E-state index contributed by atoms with van der Waals surface area (Å²) in [6.07, 6.45) is 3.43. The summed E-state index contributed by atoms with van der Waals surface area (Å²) in [5.74, 6) is 1.53. The lowest BCUT2D eigenvalue weighted by atomic mass is 10.0. The predicted molar refractivity (Wildman–Crippen MR) is 107 cm³/mol. The maximum absolute atomic E-state index is 9.63. The van der Waals surface area contributed by atoms with E-state index < -0.39 is 0 Å². The SMILES string of the molecule is Cc1oc(-c2ccc(-c3ccccc3)cc2)nc1CN1CCCC[C@@H]1CO. The first kappa shape index (κ1) is 18.0. The van der Waals surface area contributed by atoms with Crippen LogP contribution in [0.25, 0.3) is 22.6 Å². The summed E-state index contributed by atoms with van der Waals surface area (Å²) < 4.78 is 5.96. The third kappa shape index (κ3) is 3.97. The van der Waals surface area contributed by atoms with Gasteiger partial charge in [-0.15, -0.1) is 0 Å². The largest absolute Gasteiger partial charge is 0.441 e. The molecular formula is C23H26N2O2. The zero-order chi connectivity index (χ0) is 18.6. The van der Waals surface area contributed by atoms with Crippen LogP contribution in [-0.4, -0.2) is 34.2 Å². The van der Waals surface area contributed by atoms with Crippen LogP contribution in [0, 0.1) is 6.92 Å². The number of hydrogen-bond donors (Lipinski definition) is 1. The Kier molecular flexibility index (Phi) is 5.37. The van der Waals surface area contributed by atoms with Gasteiger partial charge in [0.1, 0.15) is 5.76 Å². The van der Waals surface area contributed by atoms with Crippen molar-refractivity contribution in [2.45, 2.75) is 38.8 Å². The molecular weight excluding hydrogens is 336 g/mol. The summed E-state index contributed by atoms with van der Waals surface area (Å²) in [6, 6.07) is 18.9. The number of oxazole rings is 1. The monoisotopic (exact) mass is 362 g/mol. The first-order valence-electron chi connectivity index (χ1n) is 9.71. The average Bonchev–Trinajstić information content (AvgIpc) is 3.09. The van der Waals surface area contributed by atoms with E-state index in [1.807, 2.05) is 25.1 Å². The molecule has 4 rings (SSSR count). The molecule has 1 aliphatic heterocycles. The lowest BCUT2D eigenvalue weighted by Crippen LogP contribution is -2.41. The Morgan fingerprint density at radius 2 is 1.70 bits per heavy atom. The number of aromatic nitrogens is 1. The summed E-state index contributed by atoms with van der Waals surface area (Å²) in [4.78, 5) is 7.09. The Morgan fingerprint density at radius 1 is 1.00 bits per heavy atom. The molecule has 1 saturated heterocycles. The highest BCUT2D eigenvalue weighted by Crippen LogP contribution is 2.27. The van der Waals surface area contributed by atoms with Crippen molar-refractivity contribution >= 4 is 0 Å². The van der Waals surface area contributed by atoms with E-state index in [4.69, 9.17) is 9.40 Å². The van der Waals surface area contributed by atoms with Crippen LogP contribution in [0.3, 0.4) is 0 Å².